The average Bonchev–Trinajstić information content (AvgIpc) is 2.17. The molecule has 0 bridgehead atoms. The molecule has 76 valence electrons. The molecule has 0 radical (unpaired) electrons. The summed E-state index contributed by atoms with van der Waals surface area (Å²) in [5, 5.41) is 0. The zero-order valence-corrected chi connectivity index (χ0v) is 9.99. The molecule has 0 saturated heterocycles. The third-order valence-electron chi connectivity index (χ3n) is 1.99. The molecule has 0 aromatic heterocycles. The lowest BCUT2D eigenvalue weighted by Gasteiger charge is -2.06. The van der Waals surface area contributed by atoms with E-state index < -0.39 is 0 Å². The van der Waals surface area contributed by atoms with Crippen LogP contribution in [0, 0.1) is 6.92 Å². The zero-order valence-electron chi connectivity index (χ0n) is 8.41. The summed E-state index contributed by atoms with van der Waals surface area (Å²) in [6, 6.07) is 15.8. The van der Waals surface area contributed by atoms with Gasteiger partial charge in [0.15, 0.2) is 0 Å². The third kappa shape index (κ3) is 2.83. The summed E-state index contributed by atoms with van der Waals surface area (Å²) in [6.45, 7) is 2.04. The van der Waals surface area contributed by atoms with Crippen molar-refractivity contribution in [3.8, 4) is 11.5 Å². The average molecular weight is 263 g/mol. The molecule has 0 aliphatic heterocycles. The molecule has 0 saturated carbocycles. The maximum atomic E-state index is 5.71. The van der Waals surface area contributed by atoms with Crippen molar-refractivity contribution in [2.75, 3.05) is 0 Å². The molecule has 0 unspecified atom stereocenters. The lowest BCUT2D eigenvalue weighted by Crippen LogP contribution is -1.84. The predicted octanol–water partition coefficient (Wildman–Crippen LogP) is 4.55. The standard InChI is InChI=1S/C13H11BrO/c1-10-7-11(14)9-13(8-10)15-12-5-3-2-4-6-12/h2-9H,1H3. The topological polar surface area (TPSA) is 9.23 Å². The number of rotatable bonds is 2. The Morgan fingerprint density at radius 1 is 0.933 bits per heavy atom. The smallest absolute Gasteiger partial charge is 0.128 e. The molecule has 0 amide bonds. The van der Waals surface area contributed by atoms with Crippen LogP contribution < -0.4 is 4.74 Å². The minimum Gasteiger partial charge on any atom is -0.457 e. The van der Waals surface area contributed by atoms with E-state index in [0.29, 0.717) is 0 Å². The van der Waals surface area contributed by atoms with Crippen molar-refractivity contribution in [2.45, 2.75) is 6.92 Å². The van der Waals surface area contributed by atoms with Crippen molar-refractivity contribution in [3.05, 3.63) is 58.6 Å². The summed E-state index contributed by atoms with van der Waals surface area (Å²) < 4.78 is 6.75. The first-order valence-corrected chi connectivity index (χ1v) is 5.53. The van der Waals surface area contributed by atoms with E-state index in [0.717, 1.165) is 16.0 Å². The fourth-order valence-electron chi connectivity index (χ4n) is 1.39. The second kappa shape index (κ2) is 4.49. The van der Waals surface area contributed by atoms with Gasteiger partial charge in [-0.05, 0) is 42.8 Å². The third-order valence-corrected chi connectivity index (χ3v) is 2.45. The van der Waals surface area contributed by atoms with Gasteiger partial charge in [0.25, 0.3) is 0 Å². The first kappa shape index (κ1) is 10.2. The number of benzene rings is 2. The molecule has 1 nitrogen and oxygen atoms in total. The van der Waals surface area contributed by atoms with E-state index in [1.165, 1.54) is 5.56 Å². The largest absolute Gasteiger partial charge is 0.457 e. The van der Waals surface area contributed by atoms with Crippen LogP contribution in [-0.2, 0) is 0 Å². The Kier molecular flexibility index (Phi) is 3.07. The molecule has 0 N–H and O–H groups in total. The normalized spacial score (nSPS) is 10.0. The molecule has 0 heterocycles. The Bertz CT molecular complexity index is 431. The Balaban J connectivity index is 2.25. The molecule has 0 aliphatic carbocycles. The summed E-state index contributed by atoms with van der Waals surface area (Å²) in [7, 11) is 0. The van der Waals surface area contributed by atoms with Crippen molar-refractivity contribution in [1.29, 1.82) is 0 Å². The molecule has 0 fully saturated rings. The van der Waals surface area contributed by atoms with Crippen LogP contribution in [0.1, 0.15) is 5.56 Å². The van der Waals surface area contributed by atoms with Gasteiger partial charge in [0.2, 0.25) is 0 Å². The van der Waals surface area contributed by atoms with E-state index in [1.807, 2.05) is 49.4 Å². The summed E-state index contributed by atoms with van der Waals surface area (Å²) in [4.78, 5) is 0. The summed E-state index contributed by atoms with van der Waals surface area (Å²) >= 11 is 3.45. The molecule has 0 spiro atoms. The van der Waals surface area contributed by atoms with Gasteiger partial charge in [0.1, 0.15) is 11.5 Å². The van der Waals surface area contributed by atoms with Gasteiger partial charge in [0, 0.05) is 4.47 Å². The Morgan fingerprint density at radius 3 is 2.33 bits per heavy atom. The van der Waals surface area contributed by atoms with Gasteiger partial charge in [-0.1, -0.05) is 34.1 Å². The van der Waals surface area contributed by atoms with Crippen LogP contribution in [0.25, 0.3) is 0 Å². The number of hydrogen-bond acceptors (Lipinski definition) is 1. The fraction of sp³-hybridized carbons (Fsp3) is 0.0769. The highest BCUT2D eigenvalue weighted by atomic mass is 79.9. The van der Waals surface area contributed by atoms with Crippen molar-refractivity contribution < 1.29 is 4.74 Å². The van der Waals surface area contributed by atoms with Crippen molar-refractivity contribution in [3.63, 3.8) is 0 Å². The fourth-order valence-corrected chi connectivity index (χ4v) is 1.97. The Labute approximate surface area is 97.8 Å². The highest BCUT2D eigenvalue weighted by Crippen LogP contribution is 2.25. The molecule has 2 rings (SSSR count). The molecular weight excluding hydrogens is 252 g/mol. The summed E-state index contributed by atoms with van der Waals surface area (Å²) in [5.74, 6) is 1.71. The minimum absolute atomic E-state index is 0.855. The van der Waals surface area contributed by atoms with Crippen LogP contribution >= 0.6 is 15.9 Å². The van der Waals surface area contributed by atoms with E-state index in [9.17, 15) is 0 Å². The monoisotopic (exact) mass is 262 g/mol. The predicted molar refractivity (Wildman–Crippen MR) is 65.4 cm³/mol. The molecule has 2 aromatic rings. The van der Waals surface area contributed by atoms with Gasteiger partial charge in [-0.2, -0.15) is 0 Å². The van der Waals surface area contributed by atoms with Crippen LogP contribution in [0.5, 0.6) is 11.5 Å². The van der Waals surface area contributed by atoms with Crippen LogP contribution in [0.3, 0.4) is 0 Å². The second-order valence-corrected chi connectivity index (χ2v) is 4.30. The number of aryl methyl sites for hydroxylation is 1. The summed E-state index contributed by atoms with van der Waals surface area (Å²) in [6.07, 6.45) is 0. The number of ether oxygens (including phenoxy) is 1. The van der Waals surface area contributed by atoms with Gasteiger partial charge >= 0.3 is 0 Å². The van der Waals surface area contributed by atoms with Gasteiger partial charge in [-0.15, -0.1) is 0 Å². The molecule has 0 aliphatic rings. The van der Waals surface area contributed by atoms with E-state index in [2.05, 4.69) is 22.0 Å². The zero-order chi connectivity index (χ0) is 10.7. The van der Waals surface area contributed by atoms with E-state index in [-0.39, 0.29) is 0 Å². The van der Waals surface area contributed by atoms with Crippen LogP contribution in [0.2, 0.25) is 0 Å². The van der Waals surface area contributed by atoms with E-state index in [4.69, 9.17) is 4.74 Å². The molecule has 0 atom stereocenters. The van der Waals surface area contributed by atoms with Gasteiger partial charge in [0.05, 0.1) is 0 Å². The Hall–Kier alpha value is -1.28. The van der Waals surface area contributed by atoms with Gasteiger partial charge in [-0.25, -0.2) is 0 Å². The van der Waals surface area contributed by atoms with Crippen molar-refractivity contribution in [1.82, 2.24) is 0 Å². The second-order valence-electron chi connectivity index (χ2n) is 3.38. The molecule has 2 heteroatoms. The molecule has 15 heavy (non-hydrogen) atoms. The number of halogens is 1. The maximum Gasteiger partial charge on any atom is 0.128 e. The van der Waals surface area contributed by atoms with Gasteiger partial charge in [-0.3, -0.25) is 0 Å². The quantitative estimate of drug-likeness (QED) is 0.772. The van der Waals surface area contributed by atoms with Gasteiger partial charge < -0.3 is 4.74 Å². The maximum absolute atomic E-state index is 5.71. The van der Waals surface area contributed by atoms with Crippen LogP contribution in [0.15, 0.2) is 53.0 Å². The Morgan fingerprint density at radius 2 is 1.67 bits per heavy atom. The molecular formula is C13H11BrO. The van der Waals surface area contributed by atoms with Crippen LogP contribution in [0.4, 0.5) is 0 Å². The number of para-hydroxylation sites is 1. The van der Waals surface area contributed by atoms with Crippen molar-refractivity contribution in [2.24, 2.45) is 0 Å². The summed E-state index contributed by atoms with van der Waals surface area (Å²) in [5.41, 5.74) is 1.18. The SMILES string of the molecule is Cc1cc(Br)cc(Oc2ccccc2)c1. The highest BCUT2D eigenvalue weighted by molar-refractivity contribution is 9.10. The first-order chi connectivity index (χ1) is 7.24. The first-order valence-electron chi connectivity index (χ1n) is 4.74. The molecule has 2 aromatic carbocycles. The van der Waals surface area contributed by atoms with E-state index in [1.54, 1.807) is 0 Å². The van der Waals surface area contributed by atoms with Crippen LogP contribution in [-0.4, -0.2) is 0 Å². The van der Waals surface area contributed by atoms with Crippen molar-refractivity contribution >= 4 is 15.9 Å². The number of hydrogen-bond donors (Lipinski definition) is 0. The minimum atomic E-state index is 0.855. The lowest BCUT2D eigenvalue weighted by atomic mass is 10.2. The lowest BCUT2D eigenvalue weighted by molar-refractivity contribution is 0.482. The van der Waals surface area contributed by atoms with E-state index >= 15 is 0 Å². The highest BCUT2D eigenvalue weighted by Gasteiger charge is 1.98.